The van der Waals surface area contributed by atoms with Crippen LogP contribution in [0, 0.1) is 17.1 Å². The van der Waals surface area contributed by atoms with E-state index < -0.39 is 11.8 Å². The molecule has 20 heavy (non-hydrogen) atoms. The van der Waals surface area contributed by atoms with Crippen LogP contribution < -0.4 is 5.32 Å². The second-order valence-electron chi connectivity index (χ2n) is 3.93. The maximum atomic E-state index is 13.5. The maximum Gasteiger partial charge on any atom is 0.338 e. The molecule has 0 fully saturated rings. The van der Waals surface area contributed by atoms with Gasteiger partial charge >= 0.3 is 5.97 Å². The van der Waals surface area contributed by atoms with Crippen molar-refractivity contribution in [2.24, 2.45) is 0 Å². The molecule has 2 aromatic carbocycles. The molecule has 4 nitrogen and oxygen atoms in total. The lowest BCUT2D eigenvalue weighted by atomic mass is 10.1. The van der Waals surface area contributed by atoms with Crippen molar-refractivity contribution in [3.05, 3.63) is 57.8 Å². The molecule has 0 saturated heterocycles. The van der Waals surface area contributed by atoms with Gasteiger partial charge in [-0.3, -0.25) is 0 Å². The van der Waals surface area contributed by atoms with Crippen LogP contribution in [0.25, 0.3) is 0 Å². The summed E-state index contributed by atoms with van der Waals surface area (Å²) in [7, 11) is 0. The first kappa shape index (κ1) is 14.0. The van der Waals surface area contributed by atoms with Gasteiger partial charge in [-0.15, -0.1) is 0 Å². The zero-order chi connectivity index (χ0) is 14.7. The van der Waals surface area contributed by atoms with Gasteiger partial charge in [0, 0.05) is 10.2 Å². The fourth-order valence-corrected chi connectivity index (χ4v) is 2.09. The Morgan fingerprint density at radius 2 is 2.05 bits per heavy atom. The number of carboxylic acids is 1. The van der Waals surface area contributed by atoms with E-state index in [1.54, 1.807) is 18.2 Å². The Labute approximate surface area is 122 Å². The number of halogens is 2. The van der Waals surface area contributed by atoms with Crippen LogP contribution in [0.1, 0.15) is 15.9 Å². The van der Waals surface area contributed by atoms with E-state index in [0.29, 0.717) is 21.4 Å². The lowest BCUT2D eigenvalue weighted by molar-refractivity contribution is 0.0692. The maximum absolute atomic E-state index is 13.5. The summed E-state index contributed by atoms with van der Waals surface area (Å²) in [6.45, 7) is 0. The van der Waals surface area contributed by atoms with E-state index in [1.165, 1.54) is 12.1 Å². The predicted molar refractivity (Wildman–Crippen MR) is 75.5 cm³/mol. The number of carbonyl (C=O) groups is 1. The Kier molecular flexibility index (Phi) is 4.01. The van der Waals surface area contributed by atoms with Crippen molar-refractivity contribution in [2.45, 2.75) is 0 Å². The van der Waals surface area contributed by atoms with Gasteiger partial charge in [-0.25, -0.2) is 9.18 Å². The Hall–Kier alpha value is -2.39. The molecular weight excluding hydrogens is 327 g/mol. The number of benzene rings is 2. The second kappa shape index (κ2) is 5.72. The zero-order valence-corrected chi connectivity index (χ0v) is 11.6. The highest BCUT2D eigenvalue weighted by Crippen LogP contribution is 2.27. The fraction of sp³-hybridized carbons (Fsp3) is 0. The largest absolute Gasteiger partial charge is 0.478 e. The van der Waals surface area contributed by atoms with Crippen LogP contribution in [0.15, 0.2) is 40.9 Å². The van der Waals surface area contributed by atoms with Gasteiger partial charge in [-0.05, 0) is 52.3 Å². The first-order chi connectivity index (χ1) is 9.51. The number of hydrogen-bond acceptors (Lipinski definition) is 3. The molecular formula is C14H8BrFN2O2. The predicted octanol–water partition coefficient (Wildman–Crippen LogP) is 3.90. The zero-order valence-electron chi connectivity index (χ0n) is 10.0. The number of nitrogens with one attached hydrogen (secondary N) is 1. The molecule has 0 aromatic heterocycles. The van der Waals surface area contributed by atoms with Crippen molar-refractivity contribution in [3.8, 4) is 6.07 Å². The van der Waals surface area contributed by atoms with Crippen molar-refractivity contribution >= 4 is 33.3 Å². The van der Waals surface area contributed by atoms with Crippen LogP contribution in [0.5, 0.6) is 0 Å². The number of carboxylic acid groups (broad SMARTS) is 1. The van der Waals surface area contributed by atoms with Gasteiger partial charge in [-0.2, -0.15) is 5.26 Å². The molecule has 6 heteroatoms. The monoisotopic (exact) mass is 334 g/mol. The smallest absolute Gasteiger partial charge is 0.338 e. The number of aromatic carboxylic acids is 1. The number of anilines is 2. The van der Waals surface area contributed by atoms with Crippen LogP contribution in [0.3, 0.4) is 0 Å². The summed E-state index contributed by atoms with van der Waals surface area (Å²) >= 11 is 3.30. The third kappa shape index (κ3) is 2.95. The molecule has 2 aromatic rings. The molecule has 2 rings (SSSR count). The summed E-state index contributed by atoms with van der Waals surface area (Å²) in [6, 6.07) is 10.7. The Balaban J connectivity index is 2.29. The van der Waals surface area contributed by atoms with E-state index in [-0.39, 0.29) is 5.56 Å². The molecule has 0 atom stereocenters. The minimum atomic E-state index is -1.31. The van der Waals surface area contributed by atoms with Crippen molar-refractivity contribution < 1.29 is 14.3 Å². The molecule has 0 aliphatic heterocycles. The van der Waals surface area contributed by atoms with Crippen LogP contribution in [0.4, 0.5) is 15.8 Å². The molecule has 0 radical (unpaired) electrons. The fourth-order valence-electron chi connectivity index (χ4n) is 1.61. The molecule has 0 amide bonds. The molecule has 2 N–H and O–H groups in total. The topological polar surface area (TPSA) is 73.1 Å². The highest BCUT2D eigenvalue weighted by molar-refractivity contribution is 9.10. The molecule has 0 aliphatic rings. The Morgan fingerprint density at radius 1 is 1.30 bits per heavy atom. The lowest BCUT2D eigenvalue weighted by Crippen LogP contribution is -2.01. The average Bonchev–Trinajstić information content (AvgIpc) is 2.40. The third-order valence-corrected chi connectivity index (χ3v) is 3.23. The molecule has 0 bridgehead atoms. The molecule has 0 aliphatic carbocycles. The summed E-state index contributed by atoms with van der Waals surface area (Å²) < 4.78 is 14.2. The second-order valence-corrected chi connectivity index (χ2v) is 4.79. The van der Waals surface area contributed by atoms with E-state index in [0.717, 1.165) is 6.07 Å². The van der Waals surface area contributed by atoms with Gasteiger partial charge in [0.05, 0.1) is 22.9 Å². The van der Waals surface area contributed by atoms with E-state index >= 15 is 0 Å². The van der Waals surface area contributed by atoms with Crippen LogP contribution in [-0.4, -0.2) is 11.1 Å². The van der Waals surface area contributed by atoms with E-state index in [1.807, 2.05) is 6.07 Å². The summed E-state index contributed by atoms with van der Waals surface area (Å²) in [5.74, 6) is -2.12. The van der Waals surface area contributed by atoms with Crippen LogP contribution in [-0.2, 0) is 0 Å². The van der Waals surface area contributed by atoms with E-state index in [9.17, 15) is 9.18 Å². The number of nitrogens with zero attached hydrogens (tertiary/aromatic N) is 1. The number of hydrogen-bond donors (Lipinski definition) is 2. The van der Waals surface area contributed by atoms with E-state index in [2.05, 4.69) is 21.2 Å². The number of rotatable bonds is 3. The van der Waals surface area contributed by atoms with Gasteiger partial charge in [0.2, 0.25) is 0 Å². The quantitative estimate of drug-likeness (QED) is 0.892. The van der Waals surface area contributed by atoms with Crippen molar-refractivity contribution in [2.75, 3.05) is 5.32 Å². The molecule has 100 valence electrons. The normalized spacial score (nSPS) is 9.85. The summed E-state index contributed by atoms with van der Waals surface area (Å²) in [4.78, 5) is 10.7. The summed E-state index contributed by atoms with van der Waals surface area (Å²) in [5, 5.41) is 20.5. The van der Waals surface area contributed by atoms with Gasteiger partial charge in [0.15, 0.2) is 0 Å². The molecule has 0 spiro atoms. The lowest BCUT2D eigenvalue weighted by Gasteiger charge is -2.09. The summed E-state index contributed by atoms with van der Waals surface area (Å²) in [5.41, 5.74) is 1.17. The van der Waals surface area contributed by atoms with Gasteiger partial charge in [0.25, 0.3) is 0 Å². The minimum Gasteiger partial charge on any atom is -0.478 e. The van der Waals surface area contributed by atoms with Crippen LogP contribution in [0.2, 0.25) is 0 Å². The molecule has 0 heterocycles. The third-order valence-electron chi connectivity index (χ3n) is 2.58. The van der Waals surface area contributed by atoms with Gasteiger partial charge in [0.1, 0.15) is 5.82 Å². The Bertz CT molecular complexity index is 726. The van der Waals surface area contributed by atoms with Gasteiger partial charge < -0.3 is 10.4 Å². The summed E-state index contributed by atoms with van der Waals surface area (Å²) in [6.07, 6.45) is 0. The number of nitriles is 1. The minimum absolute atomic E-state index is 0.380. The SMILES string of the molecule is N#Cc1ccc(Nc2ccc(C(=O)O)c(F)c2)c(Br)c1. The first-order valence-electron chi connectivity index (χ1n) is 5.51. The molecule has 0 unspecified atom stereocenters. The van der Waals surface area contributed by atoms with Gasteiger partial charge in [-0.1, -0.05) is 0 Å². The van der Waals surface area contributed by atoms with Crippen molar-refractivity contribution in [3.63, 3.8) is 0 Å². The molecule has 0 saturated carbocycles. The first-order valence-corrected chi connectivity index (χ1v) is 6.30. The standard InChI is InChI=1S/C14H8BrFN2O2/c15-11-5-8(7-17)1-4-13(11)18-9-2-3-10(14(19)20)12(16)6-9/h1-6,18H,(H,19,20). The van der Waals surface area contributed by atoms with Crippen molar-refractivity contribution in [1.29, 1.82) is 5.26 Å². The van der Waals surface area contributed by atoms with Crippen LogP contribution >= 0.6 is 15.9 Å². The average molecular weight is 335 g/mol. The Morgan fingerprint density at radius 3 is 2.60 bits per heavy atom. The van der Waals surface area contributed by atoms with Crippen molar-refractivity contribution in [1.82, 2.24) is 0 Å². The highest BCUT2D eigenvalue weighted by Gasteiger charge is 2.11. The van der Waals surface area contributed by atoms with E-state index in [4.69, 9.17) is 10.4 Å². The highest BCUT2D eigenvalue weighted by atomic mass is 79.9.